The van der Waals surface area contributed by atoms with Crippen molar-refractivity contribution in [2.24, 2.45) is 16.7 Å². The van der Waals surface area contributed by atoms with Crippen LogP contribution in [0.3, 0.4) is 0 Å². The van der Waals surface area contributed by atoms with E-state index in [2.05, 4.69) is 20.8 Å². The number of benzene rings is 3. The van der Waals surface area contributed by atoms with E-state index in [9.17, 15) is 9.59 Å². The van der Waals surface area contributed by atoms with Crippen LogP contribution >= 0.6 is 0 Å². The molecule has 0 N–H and O–H groups in total. The molecule has 3 fully saturated rings. The Morgan fingerprint density at radius 1 is 0.583 bits per heavy atom. The lowest BCUT2D eigenvalue weighted by molar-refractivity contribution is -0.150. The zero-order valence-corrected chi connectivity index (χ0v) is 36.6. The highest BCUT2D eigenvalue weighted by Gasteiger charge is 2.38. The third-order valence-electron chi connectivity index (χ3n) is 12.9. The van der Waals surface area contributed by atoms with Gasteiger partial charge in [0.15, 0.2) is 0 Å². The minimum Gasteiger partial charge on any atom is -0.494 e. The van der Waals surface area contributed by atoms with E-state index in [0.29, 0.717) is 43.6 Å². The monoisotopic (exact) mass is 830 g/mol. The second-order valence-corrected chi connectivity index (χ2v) is 17.5. The van der Waals surface area contributed by atoms with Crippen molar-refractivity contribution in [2.45, 2.75) is 123 Å². The maximum absolute atomic E-state index is 13.3. The van der Waals surface area contributed by atoms with Crippen molar-refractivity contribution in [3.8, 4) is 11.5 Å². The van der Waals surface area contributed by atoms with Gasteiger partial charge in [-0.1, -0.05) is 45.7 Å². The molecule has 0 bridgehead atoms. The number of ether oxygens (including phenoxy) is 8. The molecule has 3 aromatic rings. The summed E-state index contributed by atoms with van der Waals surface area (Å²) in [7, 11) is 0. The quantitative estimate of drug-likeness (QED) is 0.0544. The van der Waals surface area contributed by atoms with Crippen LogP contribution in [0, 0.1) is 16.7 Å². The van der Waals surface area contributed by atoms with E-state index in [-0.39, 0.29) is 40.9 Å². The summed E-state index contributed by atoms with van der Waals surface area (Å²) in [6, 6.07) is 18.9. The van der Waals surface area contributed by atoms with Crippen molar-refractivity contribution < 1.29 is 47.5 Å². The van der Waals surface area contributed by atoms with Crippen LogP contribution < -0.4 is 9.47 Å². The Morgan fingerprint density at radius 2 is 1.10 bits per heavy atom. The van der Waals surface area contributed by atoms with Crippen LogP contribution in [-0.2, 0) is 28.4 Å². The Morgan fingerprint density at radius 3 is 1.67 bits per heavy atom. The lowest BCUT2D eigenvalue weighted by Gasteiger charge is -2.40. The number of carbonyl (C=O) groups is 2. The number of unbranched alkanes of at least 4 members (excludes halogenated alkanes) is 6. The fourth-order valence-electron chi connectivity index (χ4n) is 8.28. The summed E-state index contributed by atoms with van der Waals surface area (Å²) in [5, 5.41) is 1.98. The normalized spacial score (nSPS) is 20.5. The molecule has 3 aliphatic rings. The molecule has 2 aliphatic heterocycles. The zero-order valence-electron chi connectivity index (χ0n) is 36.6. The van der Waals surface area contributed by atoms with Gasteiger partial charge in [-0.3, -0.25) is 0 Å². The molecule has 10 heteroatoms. The van der Waals surface area contributed by atoms with Crippen molar-refractivity contribution in [2.75, 3.05) is 66.1 Å². The molecule has 0 radical (unpaired) electrons. The number of hydrogen-bond acceptors (Lipinski definition) is 10. The van der Waals surface area contributed by atoms with E-state index in [1.807, 2.05) is 48.5 Å². The van der Waals surface area contributed by atoms with Gasteiger partial charge < -0.3 is 37.9 Å². The van der Waals surface area contributed by atoms with Gasteiger partial charge in [-0.2, -0.15) is 0 Å². The maximum atomic E-state index is 13.3. The summed E-state index contributed by atoms with van der Waals surface area (Å²) in [6.07, 6.45) is 13.1. The Bertz CT molecular complexity index is 1740. The van der Waals surface area contributed by atoms with Gasteiger partial charge in [-0.15, -0.1) is 0 Å². The molecule has 10 nitrogen and oxygen atoms in total. The second-order valence-electron chi connectivity index (χ2n) is 17.5. The largest absolute Gasteiger partial charge is 0.494 e. The molecule has 0 aromatic heterocycles. The first-order valence-corrected chi connectivity index (χ1v) is 23.0. The van der Waals surface area contributed by atoms with Crippen molar-refractivity contribution in [1.82, 2.24) is 0 Å². The third kappa shape index (κ3) is 13.4. The summed E-state index contributed by atoms with van der Waals surface area (Å²) in [5.41, 5.74) is 1.54. The predicted octanol–water partition coefficient (Wildman–Crippen LogP) is 10.6. The second kappa shape index (κ2) is 23.5. The van der Waals surface area contributed by atoms with Crippen LogP contribution in [-0.4, -0.2) is 90.2 Å². The Balaban J connectivity index is 0.835. The summed E-state index contributed by atoms with van der Waals surface area (Å²) in [4.78, 5) is 26.4. The summed E-state index contributed by atoms with van der Waals surface area (Å²) >= 11 is 0. The molecule has 0 spiro atoms. The lowest BCUT2D eigenvalue weighted by Crippen LogP contribution is -2.45. The molecule has 330 valence electrons. The number of fused-ring (bicyclic) bond motifs is 1. The van der Waals surface area contributed by atoms with Gasteiger partial charge in [0.1, 0.15) is 23.7 Å². The van der Waals surface area contributed by atoms with Gasteiger partial charge in [0, 0.05) is 24.0 Å². The van der Waals surface area contributed by atoms with E-state index < -0.39 is 0 Å². The van der Waals surface area contributed by atoms with Crippen LogP contribution in [0.25, 0.3) is 10.8 Å². The molecule has 6 rings (SSSR count). The highest BCUT2D eigenvalue weighted by atomic mass is 16.6. The van der Waals surface area contributed by atoms with Gasteiger partial charge in [-0.05, 0) is 142 Å². The predicted molar refractivity (Wildman–Crippen MR) is 233 cm³/mol. The van der Waals surface area contributed by atoms with Crippen LogP contribution in [0.1, 0.15) is 131 Å². The fraction of sp³-hybridized carbons (Fsp3) is 0.640. The Labute approximate surface area is 358 Å². The van der Waals surface area contributed by atoms with Gasteiger partial charge >= 0.3 is 11.9 Å². The average molecular weight is 831 g/mol. The number of rotatable bonds is 27. The Hall–Kier alpha value is -3.70. The molecule has 3 atom stereocenters. The molecule has 0 amide bonds. The SMILES string of the molecule is CC[C@H]1C[C@@H](OC(=O)c2ccc(OCCCCCCOCC3(CC)COC3)cc2)CC[C@@H]1OC(=O)c1ccc2cc(OCCCCCCOCC3(CC)COC3)ccc2c1. The first-order valence-electron chi connectivity index (χ1n) is 23.0. The standard InChI is InChI=1S/C50H70O10/c1-4-38-30-45(59-47(51)39-17-20-43(21-18-39)57-27-13-9-7-11-25-53-32-49(5-2)34-55-35-49)23-24-46(38)60-48(52)42-16-15-41-31-44(22-19-40(41)29-42)58-28-14-10-8-12-26-54-33-50(6-3)36-56-37-50/h15-22,29,31,38,45-46H,4-14,23-28,30,32-37H2,1-3H3/t38-,45-,46-/m0/s1. The zero-order chi connectivity index (χ0) is 42.0. The molecule has 1 aliphatic carbocycles. The van der Waals surface area contributed by atoms with E-state index in [0.717, 1.165) is 146 Å². The molecule has 2 saturated heterocycles. The molecule has 60 heavy (non-hydrogen) atoms. The maximum Gasteiger partial charge on any atom is 0.338 e. The van der Waals surface area contributed by atoms with Gasteiger partial charge in [-0.25, -0.2) is 9.59 Å². The number of hydrogen-bond donors (Lipinski definition) is 0. The number of carbonyl (C=O) groups excluding carboxylic acids is 2. The topological polar surface area (TPSA) is 108 Å². The first-order chi connectivity index (χ1) is 29.3. The van der Waals surface area contributed by atoms with E-state index in [1.165, 1.54) is 0 Å². The molecular weight excluding hydrogens is 761 g/mol. The lowest BCUT2D eigenvalue weighted by atomic mass is 9.83. The molecule has 3 aromatic carbocycles. The third-order valence-corrected chi connectivity index (χ3v) is 12.9. The van der Waals surface area contributed by atoms with Crippen molar-refractivity contribution in [3.05, 3.63) is 71.8 Å². The van der Waals surface area contributed by atoms with Crippen molar-refractivity contribution in [1.29, 1.82) is 0 Å². The van der Waals surface area contributed by atoms with Crippen LogP contribution in [0.5, 0.6) is 11.5 Å². The van der Waals surface area contributed by atoms with Gasteiger partial charge in [0.05, 0.1) is 64.0 Å². The molecule has 0 unspecified atom stereocenters. The summed E-state index contributed by atoms with van der Waals surface area (Å²) < 4.78 is 46.6. The van der Waals surface area contributed by atoms with Gasteiger partial charge in [0.25, 0.3) is 0 Å². The van der Waals surface area contributed by atoms with Crippen LogP contribution in [0.15, 0.2) is 60.7 Å². The average Bonchev–Trinajstić information content (AvgIpc) is 3.24. The van der Waals surface area contributed by atoms with E-state index in [4.69, 9.17) is 37.9 Å². The summed E-state index contributed by atoms with van der Waals surface area (Å²) in [6.45, 7) is 14.4. The van der Waals surface area contributed by atoms with Crippen LogP contribution in [0.4, 0.5) is 0 Å². The Kier molecular flexibility index (Phi) is 17.9. The molecular formula is C50H70O10. The molecule has 1 saturated carbocycles. The minimum absolute atomic E-state index is 0.105. The summed E-state index contributed by atoms with van der Waals surface area (Å²) in [5.74, 6) is 1.02. The van der Waals surface area contributed by atoms with Crippen molar-refractivity contribution in [3.63, 3.8) is 0 Å². The highest BCUT2D eigenvalue weighted by Crippen LogP contribution is 2.34. The molecule has 2 heterocycles. The number of esters is 2. The van der Waals surface area contributed by atoms with Gasteiger partial charge in [0.2, 0.25) is 0 Å². The first kappa shape index (κ1) is 45.8. The fourth-order valence-corrected chi connectivity index (χ4v) is 8.28. The van der Waals surface area contributed by atoms with E-state index in [1.54, 1.807) is 12.1 Å². The van der Waals surface area contributed by atoms with Crippen molar-refractivity contribution >= 4 is 22.7 Å². The smallest absolute Gasteiger partial charge is 0.338 e. The van der Waals surface area contributed by atoms with Crippen LogP contribution in [0.2, 0.25) is 0 Å². The highest BCUT2D eigenvalue weighted by molar-refractivity contribution is 5.96. The van der Waals surface area contributed by atoms with E-state index >= 15 is 0 Å². The minimum atomic E-state index is -0.337.